The van der Waals surface area contributed by atoms with E-state index in [9.17, 15) is 0 Å². The summed E-state index contributed by atoms with van der Waals surface area (Å²) in [6, 6.07) is 0.692. The van der Waals surface area contributed by atoms with Gasteiger partial charge in [0, 0.05) is 19.1 Å². The lowest BCUT2D eigenvalue weighted by molar-refractivity contribution is 0.122. The van der Waals surface area contributed by atoms with Gasteiger partial charge in [0.05, 0.1) is 18.1 Å². The maximum Gasteiger partial charge on any atom is 0.144 e. The zero-order valence-electron chi connectivity index (χ0n) is 14.0. The molecule has 0 atom stereocenters. The number of aromatic nitrogens is 2. The van der Waals surface area contributed by atoms with Gasteiger partial charge in [-0.25, -0.2) is 4.98 Å². The van der Waals surface area contributed by atoms with Crippen molar-refractivity contribution in [2.24, 2.45) is 5.41 Å². The Kier molecular flexibility index (Phi) is 5.57. The van der Waals surface area contributed by atoms with E-state index in [0.29, 0.717) is 11.5 Å². The van der Waals surface area contributed by atoms with Crippen LogP contribution in [-0.2, 0) is 6.54 Å². The number of hydrogen-bond donors (Lipinski definition) is 1. The molecule has 0 aromatic carbocycles. The normalized spacial score (nSPS) is 18.9. The van der Waals surface area contributed by atoms with Crippen LogP contribution in [0.25, 0.3) is 0 Å². The van der Waals surface area contributed by atoms with Gasteiger partial charge in [0.2, 0.25) is 0 Å². The monoisotopic (exact) mass is 290 g/mol. The Morgan fingerprint density at radius 3 is 2.52 bits per heavy atom. The molecule has 0 amide bonds. The molecule has 1 saturated carbocycles. The summed E-state index contributed by atoms with van der Waals surface area (Å²) in [6.45, 7) is 8.76. The van der Waals surface area contributed by atoms with Gasteiger partial charge in [0.1, 0.15) is 5.82 Å². The van der Waals surface area contributed by atoms with Crippen molar-refractivity contribution in [3.8, 4) is 0 Å². The molecule has 0 unspecified atom stereocenters. The van der Waals surface area contributed by atoms with Crippen molar-refractivity contribution in [2.75, 3.05) is 18.9 Å². The number of nitrogens with zero attached hydrogens (tertiary/aromatic N) is 3. The van der Waals surface area contributed by atoms with Gasteiger partial charge in [-0.2, -0.15) is 0 Å². The van der Waals surface area contributed by atoms with E-state index in [1.807, 2.05) is 12.4 Å². The topological polar surface area (TPSA) is 41.1 Å². The van der Waals surface area contributed by atoms with Crippen LogP contribution in [0.4, 0.5) is 5.82 Å². The van der Waals surface area contributed by atoms with E-state index >= 15 is 0 Å². The molecule has 0 aliphatic heterocycles. The molecule has 1 aliphatic carbocycles. The summed E-state index contributed by atoms with van der Waals surface area (Å²) in [5.41, 5.74) is 1.59. The number of rotatable bonds is 6. The molecular formula is C17H30N4. The highest BCUT2D eigenvalue weighted by molar-refractivity contribution is 5.30. The number of hydrogen-bond acceptors (Lipinski definition) is 4. The largest absolute Gasteiger partial charge is 0.369 e. The first-order valence-corrected chi connectivity index (χ1v) is 8.25. The van der Waals surface area contributed by atoms with E-state index in [2.05, 4.69) is 48.0 Å². The molecule has 1 N–H and O–H groups in total. The van der Waals surface area contributed by atoms with E-state index in [1.54, 1.807) is 0 Å². The highest BCUT2D eigenvalue weighted by Gasteiger charge is 2.28. The lowest BCUT2D eigenvalue weighted by atomic mass is 9.75. The van der Waals surface area contributed by atoms with Crippen molar-refractivity contribution in [2.45, 2.75) is 65.5 Å². The minimum Gasteiger partial charge on any atom is -0.369 e. The fraction of sp³-hybridized carbons (Fsp3) is 0.765. The third-order valence-electron chi connectivity index (χ3n) is 4.60. The lowest BCUT2D eigenvalue weighted by Crippen LogP contribution is -2.36. The van der Waals surface area contributed by atoms with Crippen molar-refractivity contribution in [3.63, 3.8) is 0 Å². The van der Waals surface area contributed by atoms with E-state index in [4.69, 9.17) is 0 Å². The third kappa shape index (κ3) is 4.95. The quantitative estimate of drug-likeness (QED) is 0.867. The Balaban J connectivity index is 1.83. The first-order chi connectivity index (χ1) is 10.00. The predicted octanol–water partition coefficient (Wildman–Crippen LogP) is 3.70. The van der Waals surface area contributed by atoms with E-state index in [1.165, 1.54) is 25.7 Å². The molecule has 1 aromatic rings. The molecule has 1 fully saturated rings. The molecule has 4 heteroatoms. The van der Waals surface area contributed by atoms with Gasteiger partial charge >= 0.3 is 0 Å². The zero-order chi connectivity index (χ0) is 15.3. The van der Waals surface area contributed by atoms with Crippen molar-refractivity contribution in [1.82, 2.24) is 14.9 Å². The molecule has 0 spiro atoms. The summed E-state index contributed by atoms with van der Waals surface area (Å²) in [6.07, 6.45) is 10.1. The predicted molar refractivity (Wildman–Crippen MR) is 88.3 cm³/mol. The van der Waals surface area contributed by atoms with E-state index in [0.717, 1.165) is 31.0 Å². The van der Waals surface area contributed by atoms with Gasteiger partial charge in [-0.1, -0.05) is 20.8 Å². The fourth-order valence-electron chi connectivity index (χ4n) is 2.99. The van der Waals surface area contributed by atoms with Gasteiger partial charge in [-0.05, 0) is 44.6 Å². The van der Waals surface area contributed by atoms with Crippen LogP contribution < -0.4 is 5.32 Å². The highest BCUT2D eigenvalue weighted by Crippen LogP contribution is 2.36. The zero-order valence-corrected chi connectivity index (χ0v) is 14.0. The van der Waals surface area contributed by atoms with Gasteiger partial charge in [0.15, 0.2) is 0 Å². The first kappa shape index (κ1) is 16.2. The fourth-order valence-corrected chi connectivity index (χ4v) is 2.99. The van der Waals surface area contributed by atoms with Crippen LogP contribution in [0.2, 0.25) is 0 Å². The Bertz CT molecular complexity index is 417. The maximum absolute atomic E-state index is 4.53. The second-order valence-corrected chi connectivity index (χ2v) is 7.13. The average Bonchev–Trinajstić information content (AvgIpc) is 2.46. The minimum atomic E-state index is 0.531. The summed E-state index contributed by atoms with van der Waals surface area (Å²) in [4.78, 5) is 11.4. The molecule has 1 aliphatic rings. The van der Waals surface area contributed by atoms with Gasteiger partial charge in [0.25, 0.3) is 0 Å². The van der Waals surface area contributed by atoms with Crippen LogP contribution in [0.15, 0.2) is 12.4 Å². The van der Waals surface area contributed by atoms with Crippen LogP contribution in [0, 0.1) is 5.41 Å². The molecular weight excluding hydrogens is 260 g/mol. The summed E-state index contributed by atoms with van der Waals surface area (Å²) in [5, 5.41) is 3.26. The van der Waals surface area contributed by atoms with Gasteiger partial charge < -0.3 is 5.32 Å². The van der Waals surface area contributed by atoms with Crippen LogP contribution in [0.3, 0.4) is 0 Å². The summed E-state index contributed by atoms with van der Waals surface area (Å²) < 4.78 is 0. The Morgan fingerprint density at radius 2 is 1.95 bits per heavy atom. The molecule has 21 heavy (non-hydrogen) atoms. The summed E-state index contributed by atoms with van der Waals surface area (Å²) >= 11 is 0. The molecule has 0 bridgehead atoms. The Labute approximate surface area is 129 Å². The smallest absolute Gasteiger partial charge is 0.144 e. The van der Waals surface area contributed by atoms with Gasteiger partial charge in [-0.3, -0.25) is 9.88 Å². The minimum absolute atomic E-state index is 0.531. The Morgan fingerprint density at radius 1 is 1.24 bits per heavy atom. The standard InChI is InChI=1S/C17H30N4/c1-5-10-18-16-12-19-14(11-20-16)13-21(4)15-6-8-17(2,3)9-7-15/h11-12,15H,5-10,13H2,1-4H3,(H,18,20). The number of anilines is 1. The van der Waals surface area contributed by atoms with E-state index in [-0.39, 0.29) is 0 Å². The van der Waals surface area contributed by atoms with Crippen molar-refractivity contribution in [1.29, 1.82) is 0 Å². The van der Waals surface area contributed by atoms with Crippen LogP contribution in [0.5, 0.6) is 0 Å². The lowest BCUT2D eigenvalue weighted by Gasteiger charge is -2.38. The van der Waals surface area contributed by atoms with Crippen molar-refractivity contribution in [3.05, 3.63) is 18.1 Å². The highest BCUT2D eigenvalue weighted by atomic mass is 15.1. The van der Waals surface area contributed by atoms with Crippen molar-refractivity contribution >= 4 is 5.82 Å². The molecule has 2 rings (SSSR count). The second-order valence-electron chi connectivity index (χ2n) is 7.13. The summed E-state index contributed by atoms with van der Waals surface area (Å²) in [5.74, 6) is 0.877. The van der Waals surface area contributed by atoms with Crippen LogP contribution in [0.1, 0.15) is 58.6 Å². The third-order valence-corrected chi connectivity index (χ3v) is 4.60. The molecule has 0 saturated heterocycles. The van der Waals surface area contributed by atoms with Crippen LogP contribution >= 0.6 is 0 Å². The average molecular weight is 290 g/mol. The SMILES string of the molecule is CCCNc1cnc(CN(C)C2CCC(C)(C)CC2)cn1. The maximum atomic E-state index is 4.53. The van der Waals surface area contributed by atoms with Crippen molar-refractivity contribution < 1.29 is 0 Å². The van der Waals surface area contributed by atoms with Gasteiger partial charge in [-0.15, -0.1) is 0 Å². The molecule has 0 radical (unpaired) electrons. The van der Waals surface area contributed by atoms with Crippen LogP contribution in [-0.4, -0.2) is 34.5 Å². The first-order valence-electron chi connectivity index (χ1n) is 8.25. The molecule has 1 heterocycles. The second kappa shape index (κ2) is 7.21. The number of nitrogens with one attached hydrogen (secondary N) is 1. The Hall–Kier alpha value is -1.16. The van der Waals surface area contributed by atoms with E-state index < -0.39 is 0 Å². The molecule has 1 aromatic heterocycles. The molecule has 4 nitrogen and oxygen atoms in total. The molecule has 118 valence electrons. The summed E-state index contributed by atoms with van der Waals surface area (Å²) in [7, 11) is 2.22.